The molecule has 1 rings (SSSR count). The third-order valence-electron chi connectivity index (χ3n) is 4.11. The van der Waals surface area contributed by atoms with Crippen molar-refractivity contribution in [3.63, 3.8) is 0 Å². The molecule has 0 aromatic carbocycles. The quantitative estimate of drug-likeness (QED) is 0.432. The summed E-state index contributed by atoms with van der Waals surface area (Å²) in [6.45, 7) is 20.5. The lowest BCUT2D eigenvalue weighted by atomic mass is 9.77. The fourth-order valence-corrected chi connectivity index (χ4v) is 2.97. The zero-order valence-electron chi connectivity index (χ0n) is 17.0. The van der Waals surface area contributed by atoms with Gasteiger partial charge >= 0.3 is 0 Å². The predicted octanol–water partition coefficient (Wildman–Crippen LogP) is 4.46. The Morgan fingerprint density at radius 1 is 0.696 bits per heavy atom. The molecule has 0 spiro atoms. The molecule has 1 aliphatic rings. The highest BCUT2D eigenvalue weighted by atomic mass is 17.3. The van der Waals surface area contributed by atoms with Gasteiger partial charge in [0.05, 0.1) is 11.2 Å². The molecule has 0 unspecified atom stereocenters. The van der Waals surface area contributed by atoms with Gasteiger partial charge in [0.25, 0.3) is 0 Å². The van der Waals surface area contributed by atoms with Crippen LogP contribution in [0.3, 0.4) is 0 Å². The van der Waals surface area contributed by atoms with Crippen LogP contribution in [0.2, 0.25) is 0 Å². The van der Waals surface area contributed by atoms with E-state index in [1.165, 1.54) is 0 Å². The monoisotopic (exact) mass is 331 g/mol. The minimum atomic E-state index is -0.944. The lowest BCUT2D eigenvalue weighted by molar-refractivity contribution is -0.553. The Bertz CT molecular complexity index is 366. The summed E-state index contributed by atoms with van der Waals surface area (Å²) in [5, 5.41) is 0. The second-order valence-corrected chi connectivity index (χ2v) is 10.0. The van der Waals surface area contributed by atoms with E-state index in [4.69, 9.17) is 19.6 Å². The minimum absolute atomic E-state index is 0.121. The van der Waals surface area contributed by atoms with Gasteiger partial charge in [0.2, 0.25) is 5.79 Å². The highest BCUT2D eigenvalue weighted by Gasteiger charge is 2.55. The van der Waals surface area contributed by atoms with E-state index in [2.05, 4.69) is 39.6 Å². The molecule has 5 nitrogen and oxygen atoms in total. The van der Waals surface area contributed by atoms with Crippen LogP contribution in [0.1, 0.15) is 82.1 Å². The maximum Gasteiger partial charge on any atom is 0.237 e. The van der Waals surface area contributed by atoms with Crippen LogP contribution < -0.4 is 0 Å². The van der Waals surface area contributed by atoms with Gasteiger partial charge in [0.1, 0.15) is 0 Å². The molecule has 0 aliphatic carbocycles. The summed E-state index contributed by atoms with van der Waals surface area (Å²) < 4.78 is 0. The molecule has 1 fully saturated rings. The normalized spacial score (nSPS) is 24.7. The van der Waals surface area contributed by atoms with E-state index in [-0.39, 0.29) is 11.1 Å². The predicted molar refractivity (Wildman–Crippen MR) is 91.7 cm³/mol. The first-order valence-electron chi connectivity index (χ1n) is 8.46. The van der Waals surface area contributed by atoms with Crippen molar-refractivity contribution in [1.82, 2.24) is 4.90 Å². The largest absolute Gasteiger partial charge is 0.296 e. The number of hydrogen-bond acceptors (Lipinski definition) is 5. The van der Waals surface area contributed by atoms with Gasteiger partial charge in [-0.05, 0) is 76.3 Å². The smallest absolute Gasteiger partial charge is 0.237 e. The highest BCUT2D eigenvalue weighted by molar-refractivity contribution is 5.02. The van der Waals surface area contributed by atoms with E-state index >= 15 is 0 Å². The van der Waals surface area contributed by atoms with Crippen LogP contribution in [0, 0.1) is 0 Å². The maximum atomic E-state index is 5.88. The Labute approximate surface area is 142 Å². The fraction of sp³-hybridized carbons (Fsp3) is 1.00. The summed E-state index contributed by atoms with van der Waals surface area (Å²) in [5.74, 6) is -0.944. The maximum absolute atomic E-state index is 5.88. The summed E-state index contributed by atoms with van der Waals surface area (Å²) in [4.78, 5) is 25.4. The van der Waals surface area contributed by atoms with Crippen molar-refractivity contribution in [3.05, 3.63) is 0 Å². The van der Waals surface area contributed by atoms with Crippen molar-refractivity contribution < 1.29 is 19.6 Å². The average Bonchev–Trinajstić information content (AvgIpc) is 2.29. The Hall–Kier alpha value is -0.200. The Balaban J connectivity index is 3.08. The van der Waals surface area contributed by atoms with E-state index < -0.39 is 17.0 Å². The van der Waals surface area contributed by atoms with Gasteiger partial charge in [-0.15, -0.1) is 0 Å². The van der Waals surface area contributed by atoms with Crippen molar-refractivity contribution in [2.24, 2.45) is 0 Å². The van der Waals surface area contributed by atoms with E-state index in [1.54, 1.807) is 0 Å². The Kier molecular flexibility index (Phi) is 5.68. The molecule has 0 aromatic rings. The average molecular weight is 331 g/mol. The summed E-state index contributed by atoms with van der Waals surface area (Å²) in [6.07, 6.45) is 1.29. The van der Waals surface area contributed by atoms with Crippen molar-refractivity contribution in [2.75, 3.05) is 7.05 Å². The van der Waals surface area contributed by atoms with E-state index in [0.717, 1.165) is 0 Å². The second kappa shape index (κ2) is 6.26. The van der Waals surface area contributed by atoms with Gasteiger partial charge in [0, 0.05) is 23.9 Å². The molecule has 1 saturated heterocycles. The SMILES string of the molecule is CN1C(C)(C)CC(OOC(C)(C)C)(OOC(C)(C)C)CC1(C)C. The van der Waals surface area contributed by atoms with Crippen LogP contribution in [0.4, 0.5) is 0 Å². The number of rotatable bonds is 4. The molecule has 138 valence electrons. The molecule has 23 heavy (non-hydrogen) atoms. The first-order valence-corrected chi connectivity index (χ1v) is 8.46. The fourth-order valence-electron chi connectivity index (χ4n) is 2.97. The molecule has 1 heterocycles. The first kappa shape index (κ1) is 20.8. The molecule has 0 amide bonds. The first-order chi connectivity index (χ1) is 9.98. The summed E-state index contributed by atoms with van der Waals surface area (Å²) >= 11 is 0. The summed E-state index contributed by atoms with van der Waals surface area (Å²) in [6, 6.07) is 0. The lowest BCUT2D eigenvalue weighted by Gasteiger charge is -2.56. The minimum Gasteiger partial charge on any atom is -0.296 e. The second-order valence-electron chi connectivity index (χ2n) is 10.0. The number of hydrogen-bond donors (Lipinski definition) is 0. The van der Waals surface area contributed by atoms with Gasteiger partial charge in [-0.1, -0.05) is 0 Å². The lowest BCUT2D eigenvalue weighted by Crippen LogP contribution is -2.65. The van der Waals surface area contributed by atoms with Crippen LogP contribution in [0.15, 0.2) is 0 Å². The molecule has 1 aliphatic heterocycles. The van der Waals surface area contributed by atoms with Gasteiger partial charge in [-0.2, -0.15) is 9.78 Å². The molecule has 0 saturated carbocycles. The molecule has 5 heteroatoms. The van der Waals surface area contributed by atoms with Gasteiger partial charge in [-0.3, -0.25) is 4.90 Å². The van der Waals surface area contributed by atoms with Crippen LogP contribution in [0.25, 0.3) is 0 Å². The standard InChI is InChI=1S/C18H37NO4/c1-14(2,3)20-22-18(23-21-15(4,5)6)12-16(7,8)19(11)17(9,10)13-18/h12-13H2,1-11H3. The molecule has 0 radical (unpaired) electrons. The van der Waals surface area contributed by atoms with Crippen molar-refractivity contribution in [3.8, 4) is 0 Å². The van der Waals surface area contributed by atoms with Crippen LogP contribution in [-0.4, -0.2) is 40.0 Å². The van der Waals surface area contributed by atoms with Gasteiger partial charge < -0.3 is 0 Å². The Morgan fingerprint density at radius 2 is 1.00 bits per heavy atom. The number of piperidine rings is 1. The van der Waals surface area contributed by atoms with Gasteiger partial charge in [-0.25, -0.2) is 9.78 Å². The molecule has 0 bridgehead atoms. The van der Waals surface area contributed by atoms with Gasteiger partial charge in [0.15, 0.2) is 0 Å². The van der Waals surface area contributed by atoms with E-state index in [1.807, 2.05) is 41.5 Å². The van der Waals surface area contributed by atoms with Crippen LogP contribution in [-0.2, 0) is 19.6 Å². The topological polar surface area (TPSA) is 40.2 Å². The van der Waals surface area contributed by atoms with E-state index in [0.29, 0.717) is 12.8 Å². The third-order valence-corrected chi connectivity index (χ3v) is 4.11. The molecular formula is C18H37NO4. The highest BCUT2D eigenvalue weighted by Crippen LogP contribution is 2.46. The molecule has 0 atom stereocenters. The van der Waals surface area contributed by atoms with Crippen LogP contribution >= 0.6 is 0 Å². The molecular weight excluding hydrogens is 294 g/mol. The summed E-state index contributed by atoms with van der Waals surface area (Å²) in [7, 11) is 2.14. The number of likely N-dealkylation sites (tertiary alicyclic amines) is 1. The zero-order chi connectivity index (χ0) is 18.3. The van der Waals surface area contributed by atoms with Crippen LogP contribution in [0.5, 0.6) is 0 Å². The van der Waals surface area contributed by atoms with Crippen molar-refractivity contribution in [1.29, 1.82) is 0 Å². The number of nitrogens with zero attached hydrogens (tertiary/aromatic N) is 1. The third kappa shape index (κ3) is 5.98. The molecule has 0 N–H and O–H groups in total. The molecule has 0 aromatic heterocycles. The van der Waals surface area contributed by atoms with Crippen molar-refractivity contribution >= 4 is 0 Å². The zero-order valence-corrected chi connectivity index (χ0v) is 17.0. The van der Waals surface area contributed by atoms with Crippen molar-refractivity contribution in [2.45, 2.75) is 110 Å². The Morgan fingerprint density at radius 3 is 1.26 bits per heavy atom. The van der Waals surface area contributed by atoms with E-state index in [9.17, 15) is 0 Å². The summed E-state index contributed by atoms with van der Waals surface area (Å²) in [5.41, 5.74) is -1.08.